The SMILES string of the molecule is Cc1cc(CSc2ncccc2C(=O)NCC2CCN(c3ncccn3)CC2)no1. The van der Waals surface area contributed by atoms with Crippen LogP contribution in [0.1, 0.15) is 34.7 Å². The molecule has 1 aliphatic heterocycles. The molecule has 0 aromatic carbocycles. The Morgan fingerprint density at radius 3 is 2.70 bits per heavy atom. The molecule has 1 amide bonds. The fourth-order valence-corrected chi connectivity index (χ4v) is 4.30. The molecule has 1 aliphatic rings. The molecule has 0 saturated carbocycles. The van der Waals surface area contributed by atoms with E-state index in [-0.39, 0.29) is 5.91 Å². The monoisotopic (exact) mass is 424 g/mol. The lowest BCUT2D eigenvalue weighted by molar-refractivity contribution is 0.0941. The third kappa shape index (κ3) is 5.15. The summed E-state index contributed by atoms with van der Waals surface area (Å²) in [5.41, 5.74) is 1.43. The number of aryl methyl sites for hydroxylation is 1. The summed E-state index contributed by atoms with van der Waals surface area (Å²) in [4.78, 5) is 28.0. The van der Waals surface area contributed by atoms with Gasteiger partial charge in [0.25, 0.3) is 5.91 Å². The highest BCUT2D eigenvalue weighted by Gasteiger charge is 2.22. The lowest BCUT2D eigenvalue weighted by Gasteiger charge is -2.31. The molecule has 30 heavy (non-hydrogen) atoms. The Labute approximate surface area is 179 Å². The Hall–Kier alpha value is -2.94. The highest BCUT2D eigenvalue weighted by molar-refractivity contribution is 7.98. The summed E-state index contributed by atoms with van der Waals surface area (Å²) in [6.07, 6.45) is 7.23. The van der Waals surface area contributed by atoms with Crippen LogP contribution in [0.5, 0.6) is 0 Å². The van der Waals surface area contributed by atoms with E-state index < -0.39 is 0 Å². The summed E-state index contributed by atoms with van der Waals surface area (Å²) < 4.78 is 5.10. The van der Waals surface area contributed by atoms with Crippen molar-refractivity contribution >= 4 is 23.6 Å². The van der Waals surface area contributed by atoms with E-state index in [9.17, 15) is 4.79 Å². The number of aromatic nitrogens is 4. The first-order chi connectivity index (χ1) is 14.7. The third-order valence-corrected chi connectivity index (χ3v) is 6.09. The van der Waals surface area contributed by atoms with Crippen LogP contribution in [-0.4, -0.2) is 45.7 Å². The van der Waals surface area contributed by atoms with Crippen LogP contribution in [0, 0.1) is 12.8 Å². The Morgan fingerprint density at radius 2 is 1.97 bits per heavy atom. The maximum absolute atomic E-state index is 12.8. The van der Waals surface area contributed by atoms with Crippen molar-refractivity contribution < 1.29 is 9.32 Å². The van der Waals surface area contributed by atoms with Gasteiger partial charge in [-0.05, 0) is 43.9 Å². The van der Waals surface area contributed by atoms with E-state index in [4.69, 9.17) is 4.52 Å². The number of hydrogen-bond donors (Lipinski definition) is 1. The summed E-state index contributed by atoms with van der Waals surface area (Å²) in [7, 11) is 0. The Morgan fingerprint density at radius 1 is 1.20 bits per heavy atom. The van der Waals surface area contributed by atoms with Gasteiger partial charge in [0.15, 0.2) is 0 Å². The molecule has 0 spiro atoms. The van der Waals surface area contributed by atoms with Crippen molar-refractivity contribution in [1.82, 2.24) is 25.4 Å². The van der Waals surface area contributed by atoms with E-state index in [1.807, 2.05) is 25.1 Å². The van der Waals surface area contributed by atoms with Gasteiger partial charge in [-0.1, -0.05) is 16.9 Å². The standard InChI is InChI=1S/C21H24N6O2S/c1-15-12-17(26-29-15)14-30-20-18(4-2-7-22-20)19(28)25-13-16-5-10-27(11-6-16)21-23-8-3-9-24-21/h2-4,7-9,12,16H,5-6,10-11,13-14H2,1H3,(H,25,28). The van der Waals surface area contributed by atoms with Crippen LogP contribution < -0.4 is 10.2 Å². The molecule has 9 heteroatoms. The fraction of sp³-hybridized carbons (Fsp3) is 0.381. The number of hydrogen-bond acceptors (Lipinski definition) is 8. The smallest absolute Gasteiger partial charge is 0.254 e. The number of piperidine rings is 1. The van der Waals surface area contributed by atoms with Crippen molar-refractivity contribution in [2.45, 2.75) is 30.5 Å². The highest BCUT2D eigenvalue weighted by atomic mass is 32.2. The fourth-order valence-electron chi connectivity index (χ4n) is 3.43. The lowest BCUT2D eigenvalue weighted by Crippen LogP contribution is -2.39. The second kappa shape index (κ2) is 9.71. The lowest BCUT2D eigenvalue weighted by atomic mass is 9.97. The average molecular weight is 425 g/mol. The van der Waals surface area contributed by atoms with Gasteiger partial charge < -0.3 is 14.7 Å². The highest BCUT2D eigenvalue weighted by Crippen LogP contribution is 2.24. The molecular formula is C21H24N6O2S. The van der Waals surface area contributed by atoms with Gasteiger partial charge in [0.1, 0.15) is 10.8 Å². The van der Waals surface area contributed by atoms with Gasteiger partial charge >= 0.3 is 0 Å². The molecule has 0 radical (unpaired) electrons. The topological polar surface area (TPSA) is 97.0 Å². The molecule has 8 nitrogen and oxygen atoms in total. The minimum absolute atomic E-state index is 0.0873. The number of carbonyl (C=O) groups excluding carboxylic acids is 1. The summed E-state index contributed by atoms with van der Waals surface area (Å²) in [6.45, 7) is 4.31. The molecule has 1 saturated heterocycles. The van der Waals surface area contributed by atoms with Gasteiger partial charge in [-0.2, -0.15) is 0 Å². The molecule has 156 valence electrons. The second-order valence-electron chi connectivity index (χ2n) is 7.26. The summed E-state index contributed by atoms with van der Waals surface area (Å²) in [6, 6.07) is 7.32. The first-order valence-corrected chi connectivity index (χ1v) is 11.0. The quantitative estimate of drug-likeness (QED) is 0.578. The van der Waals surface area contributed by atoms with Gasteiger partial charge in [0.05, 0.1) is 11.3 Å². The number of nitrogens with zero attached hydrogens (tertiary/aromatic N) is 5. The molecule has 4 rings (SSSR count). The first-order valence-electron chi connectivity index (χ1n) is 9.99. The van der Waals surface area contributed by atoms with Crippen molar-refractivity contribution in [2.75, 3.05) is 24.5 Å². The van der Waals surface area contributed by atoms with E-state index in [1.165, 1.54) is 11.8 Å². The molecule has 3 aromatic rings. The molecule has 1 N–H and O–H groups in total. The predicted octanol–water partition coefficient (Wildman–Crippen LogP) is 3.11. The van der Waals surface area contributed by atoms with Crippen molar-refractivity contribution in [2.24, 2.45) is 5.92 Å². The largest absolute Gasteiger partial charge is 0.361 e. The van der Waals surface area contributed by atoms with Gasteiger partial charge in [-0.15, -0.1) is 0 Å². The zero-order chi connectivity index (χ0) is 20.8. The van der Waals surface area contributed by atoms with Crippen LogP contribution >= 0.6 is 11.8 Å². The number of amides is 1. The van der Waals surface area contributed by atoms with Crippen LogP contribution in [0.4, 0.5) is 5.95 Å². The van der Waals surface area contributed by atoms with Crippen LogP contribution in [0.3, 0.4) is 0 Å². The first kappa shape index (κ1) is 20.3. The molecule has 0 atom stereocenters. The van der Waals surface area contributed by atoms with Crippen molar-refractivity contribution in [3.05, 3.63) is 59.9 Å². The number of thioether (sulfide) groups is 1. The number of rotatable bonds is 7. The number of nitrogens with one attached hydrogen (secondary N) is 1. The number of carbonyl (C=O) groups is 1. The molecular weight excluding hydrogens is 400 g/mol. The van der Waals surface area contributed by atoms with E-state index >= 15 is 0 Å². The molecule has 0 unspecified atom stereocenters. The zero-order valence-corrected chi connectivity index (χ0v) is 17.6. The van der Waals surface area contributed by atoms with E-state index in [2.05, 4.69) is 30.3 Å². The minimum Gasteiger partial charge on any atom is -0.361 e. The van der Waals surface area contributed by atoms with Crippen molar-refractivity contribution in [3.8, 4) is 0 Å². The Kier molecular flexibility index (Phi) is 6.58. The minimum atomic E-state index is -0.0873. The van der Waals surface area contributed by atoms with Crippen LogP contribution in [0.25, 0.3) is 0 Å². The van der Waals surface area contributed by atoms with Crippen LogP contribution in [-0.2, 0) is 5.75 Å². The van der Waals surface area contributed by atoms with Gasteiger partial charge in [-0.3, -0.25) is 4.79 Å². The maximum atomic E-state index is 12.8. The summed E-state index contributed by atoms with van der Waals surface area (Å²) in [5.74, 6) is 2.51. The summed E-state index contributed by atoms with van der Waals surface area (Å²) in [5, 5.41) is 7.78. The van der Waals surface area contributed by atoms with Crippen molar-refractivity contribution in [1.29, 1.82) is 0 Å². The van der Waals surface area contributed by atoms with E-state index in [0.717, 1.165) is 43.3 Å². The van der Waals surface area contributed by atoms with E-state index in [0.29, 0.717) is 28.8 Å². The Balaban J connectivity index is 1.28. The third-order valence-electron chi connectivity index (χ3n) is 5.05. The number of pyridine rings is 1. The molecule has 4 heterocycles. The van der Waals surface area contributed by atoms with Gasteiger partial charge in [0.2, 0.25) is 5.95 Å². The summed E-state index contributed by atoms with van der Waals surface area (Å²) >= 11 is 1.49. The molecule has 0 bridgehead atoms. The molecule has 0 aliphatic carbocycles. The second-order valence-corrected chi connectivity index (χ2v) is 8.23. The van der Waals surface area contributed by atoms with Crippen LogP contribution in [0.15, 0.2) is 52.4 Å². The molecule has 1 fully saturated rings. The van der Waals surface area contributed by atoms with Crippen molar-refractivity contribution in [3.63, 3.8) is 0 Å². The maximum Gasteiger partial charge on any atom is 0.254 e. The molecule has 3 aromatic heterocycles. The Bertz CT molecular complexity index is 972. The zero-order valence-electron chi connectivity index (χ0n) is 16.8. The average Bonchev–Trinajstić information content (AvgIpc) is 3.22. The van der Waals surface area contributed by atoms with Gasteiger partial charge in [0, 0.05) is 50.0 Å². The van der Waals surface area contributed by atoms with E-state index in [1.54, 1.807) is 24.7 Å². The van der Waals surface area contributed by atoms with Gasteiger partial charge in [-0.25, -0.2) is 15.0 Å². The normalized spacial score (nSPS) is 14.6. The number of anilines is 1. The predicted molar refractivity (Wildman–Crippen MR) is 114 cm³/mol. The van der Waals surface area contributed by atoms with Crippen LogP contribution in [0.2, 0.25) is 0 Å².